The SMILES string of the molecule is Cc1cc(CS(=O)(=O)NCC(c2cccc(F)c2)N(C)C)no1. The molecule has 1 aromatic heterocycles. The van der Waals surface area contributed by atoms with E-state index in [1.165, 1.54) is 12.1 Å². The van der Waals surface area contributed by atoms with Crippen molar-refractivity contribution in [1.29, 1.82) is 0 Å². The van der Waals surface area contributed by atoms with Crippen LogP contribution in [0, 0.1) is 12.7 Å². The van der Waals surface area contributed by atoms with Crippen LogP contribution in [-0.2, 0) is 15.8 Å². The molecule has 8 heteroatoms. The number of halogens is 1. The van der Waals surface area contributed by atoms with Crippen molar-refractivity contribution < 1.29 is 17.3 Å². The van der Waals surface area contributed by atoms with Crippen LogP contribution >= 0.6 is 0 Å². The second kappa shape index (κ2) is 7.20. The van der Waals surface area contributed by atoms with Crippen LogP contribution in [0.5, 0.6) is 0 Å². The zero-order valence-electron chi connectivity index (χ0n) is 13.3. The van der Waals surface area contributed by atoms with E-state index in [0.717, 1.165) is 0 Å². The van der Waals surface area contributed by atoms with Gasteiger partial charge in [-0.25, -0.2) is 17.5 Å². The highest BCUT2D eigenvalue weighted by Crippen LogP contribution is 2.18. The topological polar surface area (TPSA) is 75.4 Å². The molecular weight excluding hydrogens is 321 g/mol. The van der Waals surface area contributed by atoms with Crippen LogP contribution in [0.4, 0.5) is 4.39 Å². The Morgan fingerprint density at radius 3 is 2.65 bits per heavy atom. The summed E-state index contributed by atoms with van der Waals surface area (Å²) in [5, 5.41) is 3.68. The Labute approximate surface area is 135 Å². The van der Waals surface area contributed by atoms with Crippen molar-refractivity contribution in [2.24, 2.45) is 0 Å². The van der Waals surface area contributed by atoms with Crippen molar-refractivity contribution >= 4 is 10.0 Å². The van der Waals surface area contributed by atoms with E-state index in [-0.39, 0.29) is 24.2 Å². The monoisotopic (exact) mass is 341 g/mol. The van der Waals surface area contributed by atoms with E-state index in [1.807, 2.05) is 19.0 Å². The number of hydrogen-bond donors (Lipinski definition) is 1. The fraction of sp³-hybridized carbons (Fsp3) is 0.400. The van der Waals surface area contributed by atoms with Crippen LogP contribution in [0.1, 0.15) is 23.1 Å². The maximum atomic E-state index is 13.4. The Bertz CT molecular complexity index is 759. The summed E-state index contributed by atoms with van der Waals surface area (Å²) in [5.74, 6) is -0.0513. The van der Waals surface area contributed by atoms with Gasteiger partial charge in [-0.2, -0.15) is 0 Å². The van der Waals surface area contributed by atoms with E-state index >= 15 is 0 Å². The van der Waals surface area contributed by atoms with Gasteiger partial charge in [-0.1, -0.05) is 17.3 Å². The summed E-state index contributed by atoms with van der Waals surface area (Å²) in [6.45, 7) is 1.83. The fourth-order valence-corrected chi connectivity index (χ4v) is 3.29. The van der Waals surface area contributed by atoms with Crippen molar-refractivity contribution in [3.05, 3.63) is 53.2 Å². The van der Waals surface area contributed by atoms with Gasteiger partial charge in [0.1, 0.15) is 23.0 Å². The molecule has 1 heterocycles. The number of nitrogens with one attached hydrogen (secondary N) is 1. The van der Waals surface area contributed by atoms with Crippen LogP contribution in [0.15, 0.2) is 34.9 Å². The lowest BCUT2D eigenvalue weighted by molar-refractivity contribution is 0.298. The molecule has 126 valence electrons. The number of aryl methyl sites for hydroxylation is 1. The van der Waals surface area contributed by atoms with E-state index in [2.05, 4.69) is 9.88 Å². The largest absolute Gasteiger partial charge is 0.361 e. The summed E-state index contributed by atoms with van der Waals surface area (Å²) >= 11 is 0. The van der Waals surface area contributed by atoms with Crippen molar-refractivity contribution in [3.63, 3.8) is 0 Å². The average molecular weight is 341 g/mol. The minimum atomic E-state index is -3.56. The lowest BCUT2D eigenvalue weighted by Crippen LogP contribution is -2.35. The Hall–Kier alpha value is -1.77. The van der Waals surface area contributed by atoms with Gasteiger partial charge in [-0.15, -0.1) is 0 Å². The average Bonchev–Trinajstić information content (AvgIpc) is 2.83. The highest BCUT2D eigenvalue weighted by Gasteiger charge is 2.20. The van der Waals surface area contributed by atoms with Gasteiger partial charge in [0.2, 0.25) is 10.0 Å². The molecule has 0 bridgehead atoms. The standard InChI is InChI=1S/C15H20FN3O3S/c1-11-7-14(18-22-11)10-23(20,21)17-9-15(19(2)3)12-5-4-6-13(16)8-12/h4-8,15,17H,9-10H2,1-3H3. The smallest absolute Gasteiger partial charge is 0.217 e. The van der Waals surface area contributed by atoms with Gasteiger partial charge in [0.05, 0.1) is 0 Å². The molecule has 0 amide bonds. The number of rotatable bonds is 7. The van der Waals surface area contributed by atoms with E-state index in [4.69, 9.17) is 4.52 Å². The molecule has 0 saturated carbocycles. The van der Waals surface area contributed by atoms with E-state index in [1.54, 1.807) is 25.1 Å². The van der Waals surface area contributed by atoms with Crippen LogP contribution < -0.4 is 4.72 Å². The predicted octanol–water partition coefficient (Wildman–Crippen LogP) is 1.84. The fourth-order valence-electron chi connectivity index (χ4n) is 2.25. The normalized spacial score (nSPS) is 13.4. The maximum absolute atomic E-state index is 13.4. The summed E-state index contributed by atoms with van der Waals surface area (Å²) < 4.78 is 45.1. The Morgan fingerprint density at radius 1 is 1.35 bits per heavy atom. The molecule has 0 aliphatic carbocycles. The number of hydrogen-bond acceptors (Lipinski definition) is 5. The number of likely N-dealkylation sites (N-methyl/N-ethyl adjacent to an activating group) is 1. The van der Waals surface area contributed by atoms with Gasteiger partial charge in [0.25, 0.3) is 0 Å². The number of aromatic nitrogens is 1. The van der Waals surface area contributed by atoms with Crippen LogP contribution in [-0.4, -0.2) is 39.1 Å². The van der Waals surface area contributed by atoms with Crippen LogP contribution in [0.25, 0.3) is 0 Å². The van der Waals surface area contributed by atoms with Gasteiger partial charge in [0.15, 0.2) is 0 Å². The quantitative estimate of drug-likeness (QED) is 0.832. The van der Waals surface area contributed by atoms with Gasteiger partial charge in [0, 0.05) is 18.7 Å². The minimum absolute atomic E-state index is 0.135. The highest BCUT2D eigenvalue weighted by atomic mass is 32.2. The molecule has 0 radical (unpaired) electrons. The van der Waals surface area contributed by atoms with Gasteiger partial charge in [-0.05, 0) is 38.7 Å². The van der Waals surface area contributed by atoms with Gasteiger partial charge in [-0.3, -0.25) is 0 Å². The summed E-state index contributed by atoms with van der Waals surface area (Å²) in [6.07, 6.45) is 0. The first-order chi connectivity index (χ1) is 10.8. The first kappa shape index (κ1) is 17.6. The molecule has 0 spiro atoms. The molecule has 2 aromatic rings. The molecule has 6 nitrogen and oxygen atoms in total. The van der Waals surface area contributed by atoms with Crippen molar-refractivity contribution in [2.75, 3.05) is 20.6 Å². The number of benzene rings is 1. The third-order valence-electron chi connectivity index (χ3n) is 3.37. The van der Waals surface area contributed by atoms with Crippen molar-refractivity contribution in [1.82, 2.24) is 14.8 Å². The lowest BCUT2D eigenvalue weighted by Gasteiger charge is -2.25. The summed E-state index contributed by atoms with van der Waals surface area (Å²) in [7, 11) is 0.0598. The molecule has 1 aromatic carbocycles. The molecule has 1 atom stereocenters. The van der Waals surface area contributed by atoms with Crippen molar-refractivity contribution in [3.8, 4) is 0 Å². The van der Waals surface area contributed by atoms with Gasteiger partial charge < -0.3 is 9.42 Å². The highest BCUT2D eigenvalue weighted by molar-refractivity contribution is 7.88. The lowest BCUT2D eigenvalue weighted by atomic mass is 10.1. The summed E-state index contributed by atoms with van der Waals surface area (Å²) in [4.78, 5) is 1.83. The Morgan fingerprint density at radius 2 is 2.09 bits per heavy atom. The Kier molecular flexibility index (Phi) is 5.51. The first-order valence-corrected chi connectivity index (χ1v) is 8.73. The molecular formula is C15H20FN3O3S. The van der Waals surface area contributed by atoms with Crippen molar-refractivity contribution in [2.45, 2.75) is 18.7 Å². The third kappa shape index (κ3) is 5.12. The first-order valence-electron chi connectivity index (χ1n) is 7.08. The van der Waals surface area contributed by atoms with E-state index in [9.17, 15) is 12.8 Å². The minimum Gasteiger partial charge on any atom is -0.361 e. The maximum Gasteiger partial charge on any atom is 0.217 e. The molecule has 0 aliphatic heterocycles. The van der Waals surface area contributed by atoms with Gasteiger partial charge >= 0.3 is 0 Å². The zero-order valence-corrected chi connectivity index (χ0v) is 14.1. The molecule has 1 unspecified atom stereocenters. The van der Waals surface area contributed by atoms with Crippen LogP contribution in [0.2, 0.25) is 0 Å². The molecule has 0 saturated heterocycles. The Balaban J connectivity index is 2.06. The molecule has 0 aliphatic rings. The predicted molar refractivity (Wildman–Crippen MR) is 84.7 cm³/mol. The third-order valence-corrected chi connectivity index (χ3v) is 4.65. The second-order valence-corrected chi connectivity index (χ2v) is 7.38. The summed E-state index contributed by atoms with van der Waals surface area (Å²) in [5.41, 5.74) is 1.05. The van der Waals surface area contributed by atoms with Crippen LogP contribution in [0.3, 0.4) is 0 Å². The second-order valence-electron chi connectivity index (χ2n) is 5.57. The zero-order chi connectivity index (χ0) is 17.0. The molecule has 2 rings (SSSR count). The number of sulfonamides is 1. The molecule has 23 heavy (non-hydrogen) atoms. The summed E-state index contributed by atoms with van der Waals surface area (Å²) in [6, 6.07) is 7.43. The van der Waals surface area contributed by atoms with E-state index < -0.39 is 10.0 Å². The molecule has 1 N–H and O–H groups in total. The van der Waals surface area contributed by atoms with E-state index in [0.29, 0.717) is 17.0 Å². The molecule has 0 fully saturated rings. The number of nitrogens with zero attached hydrogens (tertiary/aromatic N) is 2.